The maximum Gasteiger partial charge on any atom is 0.315 e. The molecule has 6 heteroatoms. The van der Waals surface area contributed by atoms with Crippen molar-refractivity contribution in [1.29, 1.82) is 0 Å². The van der Waals surface area contributed by atoms with Crippen LogP contribution in [0.1, 0.15) is 42.9 Å². The van der Waals surface area contributed by atoms with E-state index in [4.69, 9.17) is 4.74 Å². The van der Waals surface area contributed by atoms with Gasteiger partial charge in [-0.1, -0.05) is 55.0 Å². The molecule has 150 valence electrons. The van der Waals surface area contributed by atoms with Crippen LogP contribution >= 0.6 is 11.8 Å². The van der Waals surface area contributed by atoms with Gasteiger partial charge in [-0.15, -0.1) is 0 Å². The summed E-state index contributed by atoms with van der Waals surface area (Å²) in [5.41, 5.74) is 4.45. The van der Waals surface area contributed by atoms with Gasteiger partial charge in [0.1, 0.15) is 0 Å². The van der Waals surface area contributed by atoms with E-state index < -0.39 is 0 Å². The summed E-state index contributed by atoms with van der Waals surface area (Å²) in [6, 6.07) is 16.7. The lowest BCUT2D eigenvalue weighted by atomic mass is 10.0. The SMILES string of the molecule is O=C1N[C@@H]2[C@H](CCCCC(=O)OC3c4ccccc4-c4ccccc43)SC[C@H]2N1. The fourth-order valence-electron chi connectivity index (χ4n) is 4.68. The average Bonchev–Trinajstić information content (AvgIpc) is 3.38. The second-order valence-corrected chi connectivity index (χ2v) is 9.18. The number of benzene rings is 2. The Kier molecular flexibility index (Phi) is 4.96. The molecule has 2 amide bonds. The lowest BCUT2D eigenvalue weighted by Crippen LogP contribution is -2.36. The fraction of sp³-hybridized carbons (Fsp3) is 0.391. The van der Waals surface area contributed by atoms with Crippen LogP contribution in [0.2, 0.25) is 0 Å². The van der Waals surface area contributed by atoms with Crippen LogP contribution in [-0.4, -0.2) is 35.1 Å². The normalized spacial score (nSPS) is 24.4. The largest absolute Gasteiger partial charge is 0.452 e. The van der Waals surface area contributed by atoms with Crippen LogP contribution in [0.25, 0.3) is 11.1 Å². The summed E-state index contributed by atoms with van der Waals surface area (Å²) in [6.07, 6.45) is 2.90. The van der Waals surface area contributed by atoms with E-state index in [0.717, 1.165) is 47.3 Å². The van der Waals surface area contributed by atoms with Gasteiger partial charge in [-0.2, -0.15) is 11.8 Å². The van der Waals surface area contributed by atoms with Crippen LogP contribution in [0.15, 0.2) is 48.5 Å². The van der Waals surface area contributed by atoms with Crippen LogP contribution in [0.4, 0.5) is 4.79 Å². The number of amides is 2. The highest BCUT2D eigenvalue weighted by Crippen LogP contribution is 2.45. The molecule has 29 heavy (non-hydrogen) atoms. The number of esters is 1. The third-order valence-corrected chi connectivity index (χ3v) is 7.59. The van der Waals surface area contributed by atoms with Gasteiger partial charge in [0.25, 0.3) is 0 Å². The van der Waals surface area contributed by atoms with E-state index in [-0.39, 0.29) is 30.2 Å². The second kappa shape index (κ2) is 7.75. The van der Waals surface area contributed by atoms with Crippen molar-refractivity contribution < 1.29 is 14.3 Å². The first-order chi connectivity index (χ1) is 14.2. The average molecular weight is 409 g/mol. The minimum absolute atomic E-state index is 0.0500. The molecule has 0 radical (unpaired) electrons. The molecule has 0 unspecified atom stereocenters. The first-order valence-electron chi connectivity index (χ1n) is 10.3. The molecule has 2 N–H and O–H groups in total. The Hall–Kier alpha value is -2.47. The molecule has 2 saturated heterocycles. The zero-order chi connectivity index (χ0) is 19.8. The lowest BCUT2D eigenvalue weighted by molar-refractivity contribution is -0.147. The Bertz CT molecular complexity index is 902. The van der Waals surface area contributed by atoms with Crippen molar-refractivity contribution in [2.45, 2.75) is 49.1 Å². The molecule has 5 nitrogen and oxygen atoms in total. The predicted octanol–water partition coefficient (Wildman–Crippen LogP) is 4.03. The molecule has 0 bridgehead atoms. The van der Waals surface area contributed by atoms with Gasteiger partial charge in [0.2, 0.25) is 0 Å². The van der Waals surface area contributed by atoms with Gasteiger partial charge in [0.15, 0.2) is 6.10 Å². The van der Waals surface area contributed by atoms with Crippen molar-refractivity contribution >= 4 is 23.8 Å². The molecule has 1 aliphatic carbocycles. The second-order valence-electron chi connectivity index (χ2n) is 7.91. The monoisotopic (exact) mass is 408 g/mol. The molecular formula is C23H24N2O3S. The predicted molar refractivity (Wildman–Crippen MR) is 114 cm³/mol. The Balaban J connectivity index is 1.14. The number of thioether (sulfide) groups is 1. The third kappa shape index (κ3) is 3.50. The van der Waals surface area contributed by atoms with Crippen LogP contribution in [0.3, 0.4) is 0 Å². The first-order valence-corrected chi connectivity index (χ1v) is 11.3. The Labute approximate surface area is 174 Å². The number of unbranched alkanes of at least 4 members (excludes halogenated alkanes) is 1. The Morgan fingerprint density at radius 3 is 2.41 bits per heavy atom. The summed E-state index contributed by atoms with van der Waals surface area (Å²) in [5, 5.41) is 6.42. The maximum atomic E-state index is 12.5. The molecule has 2 fully saturated rings. The maximum absolute atomic E-state index is 12.5. The number of nitrogens with one attached hydrogen (secondary N) is 2. The first kappa shape index (κ1) is 18.6. The van der Waals surface area contributed by atoms with E-state index in [1.165, 1.54) is 0 Å². The number of hydrogen-bond acceptors (Lipinski definition) is 4. The highest BCUT2D eigenvalue weighted by Gasteiger charge is 2.42. The highest BCUT2D eigenvalue weighted by molar-refractivity contribution is 8.00. The fourth-order valence-corrected chi connectivity index (χ4v) is 6.23. The van der Waals surface area contributed by atoms with Gasteiger partial charge in [-0.05, 0) is 24.0 Å². The molecule has 2 aliphatic heterocycles. The smallest absolute Gasteiger partial charge is 0.315 e. The Morgan fingerprint density at radius 2 is 1.69 bits per heavy atom. The van der Waals surface area contributed by atoms with Crippen molar-refractivity contribution in [2.24, 2.45) is 0 Å². The zero-order valence-electron chi connectivity index (χ0n) is 16.1. The van der Waals surface area contributed by atoms with Gasteiger partial charge in [-0.3, -0.25) is 4.79 Å². The molecule has 2 aromatic carbocycles. The zero-order valence-corrected chi connectivity index (χ0v) is 16.9. The number of ether oxygens (including phenoxy) is 1. The summed E-state index contributed by atoms with van der Waals surface area (Å²) in [4.78, 5) is 24.0. The van der Waals surface area contributed by atoms with Crippen molar-refractivity contribution in [3.8, 4) is 11.1 Å². The summed E-state index contributed by atoms with van der Waals surface area (Å²) >= 11 is 1.91. The Morgan fingerprint density at radius 1 is 1.00 bits per heavy atom. The standard InChI is InChI=1S/C23H24N2O3S/c26-20(12-6-5-11-19-21-18(13-29-19)24-23(27)25-21)28-22-16-9-3-1-7-14(16)15-8-2-4-10-17(15)22/h1-4,7-10,18-19,21-22H,5-6,11-13H2,(H2,24,25,27)/t18-,19+,21+/m1/s1. The molecule has 0 saturated carbocycles. The van der Waals surface area contributed by atoms with Crippen LogP contribution in [-0.2, 0) is 9.53 Å². The number of fused-ring (bicyclic) bond motifs is 4. The summed E-state index contributed by atoms with van der Waals surface area (Å²) in [6.45, 7) is 0. The molecule has 3 atom stereocenters. The van der Waals surface area contributed by atoms with Crippen molar-refractivity contribution in [3.63, 3.8) is 0 Å². The number of hydrogen-bond donors (Lipinski definition) is 2. The van der Waals surface area contributed by atoms with Gasteiger partial charge < -0.3 is 15.4 Å². The molecule has 0 spiro atoms. The summed E-state index contributed by atoms with van der Waals surface area (Å²) in [7, 11) is 0. The summed E-state index contributed by atoms with van der Waals surface area (Å²) in [5.74, 6) is 0.825. The topological polar surface area (TPSA) is 67.4 Å². The number of carbonyl (C=O) groups is 2. The van der Waals surface area contributed by atoms with Crippen LogP contribution in [0, 0.1) is 0 Å². The third-order valence-electron chi connectivity index (χ3n) is 6.08. The van der Waals surface area contributed by atoms with Crippen molar-refractivity contribution in [2.75, 3.05) is 5.75 Å². The van der Waals surface area contributed by atoms with E-state index in [2.05, 4.69) is 22.8 Å². The molecular weight excluding hydrogens is 384 g/mol. The van der Waals surface area contributed by atoms with Gasteiger partial charge in [-0.25, -0.2) is 4.79 Å². The van der Waals surface area contributed by atoms with Gasteiger partial charge in [0.05, 0.1) is 12.1 Å². The van der Waals surface area contributed by atoms with Gasteiger partial charge in [0, 0.05) is 28.6 Å². The van der Waals surface area contributed by atoms with Gasteiger partial charge >= 0.3 is 12.0 Å². The molecule has 3 aliphatic rings. The molecule has 0 aromatic heterocycles. The summed E-state index contributed by atoms with van der Waals surface area (Å²) < 4.78 is 5.91. The number of carbonyl (C=O) groups excluding carboxylic acids is 2. The molecule has 2 heterocycles. The van der Waals surface area contributed by atoms with E-state index in [9.17, 15) is 9.59 Å². The molecule has 2 aromatic rings. The van der Waals surface area contributed by atoms with E-state index in [1.807, 2.05) is 48.2 Å². The highest BCUT2D eigenvalue weighted by atomic mass is 32.2. The lowest BCUT2D eigenvalue weighted by Gasteiger charge is -2.17. The minimum Gasteiger partial charge on any atom is -0.452 e. The van der Waals surface area contributed by atoms with Crippen molar-refractivity contribution in [1.82, 2.24) is 10.6 Å². The van der Waals surface area contributed by atoms with E-state index in [1.54, 1.807) is 0 Å². The van der Waals surface area contributed by atoms with E-state index >= 15 is 0 Å². The quantitative estimate of drug-likeness (QED) is 0.430. The van der Waals surface area contributed by atoms with Crippen LogP contribution in [0.5, 0.6) is 0 Å². The van der Waals surface area contributed by atoms with Crippen LogP contribution < -0.4 is 10.6 Å². The number of rotatable bonds is 6. The van der Waals surface area contributed by atoms with Crippen molar-refractivity contribution in [3.05, 3.63) is 59.7 Å². The van der Waals surface area contributed by atoms with E-state index in [0.29, 0.717) is 11.7 Å². The minimum atomic E-state index is -0.305. The number of urea groups is 1. The molecule has 5 rings (SSSR count).